The number of rotatable bonds is 6. The number of ether oxygens (including phenoxy) is 1. The fourth-order valence-corrected chi connectivity index (χ4v) is 2.25. The molecule has 0 spiro atoms. The first-order valence-corrected chi connectivity index (χ1v) is 7.55. The van der Waals surface area contributed by atoms with E-state index in [-0.39, 0.29) is 0 Å². The second-order valence-electron chi connectivity index (χ2n) is 5.33. The molecule has 1 heterocycles. The molecule has 0 saturated carbocycles. The van der Waals surface area contributed by atoms with Crippen molar-refractivity contribution in [3.05, 3.63) is 84.2 Å². The van der Waals surface area contributed by atoms with E-state index in [4.69, 9.17) is 4.74 Å². The summed E-state index contributed by atoms with van der Waals surface area (Å²) in [5.74, 6) is 1.35. The van der Waals surface area contributed by atoms with Crippen LogP contribution in [0.1, 0.15) is 11.1 Å². The van der Waals surface area contributed by atoms with Crippen LogP contribution in [-0.4, -0.2) is 17.0 Å². The van der Waals surface area contributed by atoms with Crippen molar-refractivity contribution < 1.29 is 4.74 Å². The van der Waals surface area contributed by atoms with E-state index in [0.29, 0.717) is 18.3 Å². The molecule has 0 N–H and O–H groups in total. The van der Waals surface area contributed by atoms with E-state index in [2.05, 4.69) is 22.1 Å². The first kappa shape index (κ1) is 15.0. The second kappa shape index (κ2) is 7.40. The lowest BCUT2D eigenvalue weighted by Crippen LogP contribution is -2.18. The van der Waals surface area contributed by atoms with Gasteiger partial charge in [-0.2, -0.15) is 0 Å². The van der Waals surface area contributed by atoms with Gasteiger partial charge in [-0.3, -0.25) is 0 Å². The summed E-state index contributed by atoms with van der Waals surface area (Å²) in [4.78, 5) is 10.8. The SMILES string of the molecule is CN(Cc1ccccc1)c1ncc(OCc2ccccc2)cn1. The molecule has 0 aliphatic rings. The number of hydrogen-bond donors (Lipinski definition) is 0. The summed E-state index contributed by atoms with van der Waals surface area (Å²) < 4.78 is 5.70. The summed E-state index contributed by atoms with van der Waals surface area (Å²) in [5, 5.41) is 0. The zero-order valence-corrected chi connectivity index (χ0v) is 13.1. The van der Waals surface area contributed by atoms with Crippen LogP contribution in [0, 0.1) is 0 Å². The molecule has 1 aromatic heterocycles. The highest BCUT2D eigenvalue weighted by Crippen LogP contribution is 2.14. The van der Waals surface area contributed by atoms with Crippen molar-refractivity contribution in [1.29, 1.82) is 0 Å². The highest BCUT2D eigenvalue weighted by Gasteiger charge is 2.05. The molecule has 0 saturated heterocycles. The number of aromatic nitrogens is 2. The second-order valence-corrected chi connectivity index (χ2v) is 5.33. The van der Waals surface area contributed by atoms with Crippen molar-refractivity contribution in [2.75, 3.05) is 11.9 Å². The van der Waals surface area contributed by atoms with Crippen molar-refractivity contribution in [2.24, 2.45) is 0 Å². The standard InChI is InChI=1S/C19H19N3O/c1-22(14-16-8-4-2-5-9-16)19-20-12-18(13-21-19)23-15-17-10-6-3-7-11-17/h2-13H,14-15H2,1H3. The van der Waals surface area contributed by atoms with E-state index < -0.39 is 0 Å². The average Bonchev–Trinajstić information content (AvgIpc) is 2.62. The molecule has 2 aromatic carbocycles. The van der Waals surface area contributed by atoms with Gasteiger partial charge in [0.05, 0.1) is 12.4 Å². The minimum absolute atomic E-state index is 0.517. The largest absolute Gasteiger partial charge is 0.486 e. The monoisotopic (exact) mass is 305 g/mol. The van der Waals surface area contributed by atoms with Gasteiger partial charge in [0.25, 0.3) is 0 Å². The molecule has 0 aliphatic heterocycles. The summed E-state index contributed by atoms with van der Waals surface area (Å²) in [6.07, 6.45) is 3.43. The Morgan fingerprint density at radius 1 is 0.826 bits per heavy atom. The number of anilines is 1. The van der Waals surface area contributed by atoms with Crippen LogP contribution in [0.15, 0.2) is 73.1 Å². The molecule has 0 aliphatic carbocycles. The van der Waals surface area contributed by atoms with Gasteiger partial charge >= 0.3 is 0 Å². The van der Waals surface area contributed by atoms with Gasteiger partial charge in [0, 0.05) is 13.6 Å². The predicted molar refractivity (Wildman–Crippen MR) is 91.4 cm³/mol. The Bertz CT molecular complexity index is 715. The third-order valence-electron chi connectivity index (χ3n) is 3.47. The molecule has 0 amide bonds. The van der Waals surface area contributed by atoms with Gasteiger partial charge < -0.3 is 9.64 Å². The topological polar surface area (TPSA) is 38.2 Å². The Hall–Kier alpha value is -2.88. The highest BCUT2D eigenvalue weighted by molar-refractivity contribution is 5.32. The lowest BCUT2D eigenvalue weighted by Gasteiger charge is -2.17. The van der Waals surface area contributed by atoms with Gasteiger partial charge in [-0.25, -0.2) is 9.97 Å². The van der Waals surface area contributed by atoms with Gasteiger partial charge in [-0.15, -0.1) is 0 Å². The van der Waals surface area contributed by atoms with Crippen LogP contribution in [0.5, 0.6) is 5.75 Å². The van der Waals surface area contributed by atoms with Crippen molar-refractivity contribution >= 4 is 5.95 Å². The smallest absolute Gasteiger partial charge is 0.225 e. The first-order chi connectivity index (χ1) is 11.3. The maximum absolute atomic E-state index is 5.70. The van der Waals surface area contributed by atoms with E-state index in [0.717, 1.165) is 12.1 Å². The summed E-state index contributed by atoms with van der Waals surface area (Å²) >= 11 is 0. The molecular formula is C19H19N3O. The van der Waals surface area contributed by atoms with Crippen LogP contribution >= 0.6 is 0 Å². The van der Waals surface area contributed by atoms with Crippen molar-refractivity contribution in [1.82, 2.24) is 9.97 Å². The fourth-order valence-electron chi connectivity index (χ4n) is 2.25. The van der Waals surface area contributed by atoms with Crippen LogP contribution in [0.2, 0.25) is 0 Å². The predicted octanol–water partition coefficient (Wildman–Crippen LogP) is 3.69. The summed E-state index contributed by atoms with van der Waals surface area (Å²) in [6, 6.07) is 20.3. The van der Waals surface area contributed by atoms with E-state index in [1.807, 2.05) is 60.5 Å². The molecule has 4 nitrogen and oxygen atoms in total. The minimum Gasteiger partial charge on any atom is -0.486 e. The van der Waals surface area contributed by atoms with Crippen LogP contribution in [0.4, 0.5) is 5.95 Å². The van der Waals surface area contributed by atoms with Crippen LogP contribution < -0.4 is 9.64 Å². The molecule has 23 heavy (non-hydrogen) atoms. The van der Waals surface area contributed by atoms with E-state index in [9.17, 15) is 0 Å². The van der Waals surface area contributed by atoms with Crippen molar-refractivity contribution in [3.8, 4) is 5.75 Å². The third-order valence-corrected chi connectivity index (χ3v) is 3.47. The lowest BCUT2D eigenvalue weighted by atomic mass is 10.2. The zero-order valence-electron chi connectivity index (χ0n) is 13.1. The van der Waals surface area contributed by atoms with E-state index >= 15 is 0 Å². The maximum atomic E-state index is 5.70. The number of hydrogen-bond acceptors (Lipinski definition) is 4. The van der Waals surface area contributed by atoms with E-state index in [1.54, 1.807) is 12.4 Å². The van der Waals surface area contributed by atoms with Gasteiger partial charge in [-0.05, 0) is 11.1 Å². The molecule has 0 bridgehead atoms. The Morgan fingerprint density at radius 3 is 2.00 bits per heavy atom. The van der Waals surface area contributed by atoms with E-state index in [1.165, 1.54) is 5.56 Å². The molecule has 3 rings (SSSR count). The maximum Gasteiger partial charge on any atom is 0.225 e. The molecule has 0 radical (unpaired) electrons. The fraction of sp³-hybridized carbons (Fsp3) is 0.158. The normalized spacial score (nSPS) is 10.3. The van der Waals surface area contributed by atoms with Crippen molar-refractivity contribution in [3.63, 3.8) is 0 Å². The highest BCUT2D eigenvalue weighted by atomic mass is 16.5. The number of benzene rings is 2. The molecule has 0 unspecified atom stereocenters. The summed E-state index contributed by atoms with van der Waals surface area (Å²) in [5.41, 5.74) is 2.35. The minimum atomic E-state index is 0.517. The van der Waals surface area contributed by atoms with Gasteiger partial charge in [0.15, 0.2) is 5.75 Å². The van der Waals surface area contributed by atoms with Gasteiger partial charge in [-0.1, -0.05) is 60.7 Å². The average molecular weight is 305 g/mol. The Balaban J connectivity index is 1.58. The van der Waals surface area contributed by atoms with Gasteiger partial charge in [0.2, 0.25) is 5.95 Å². The Kier molecular flexibility index (Phi) is 4.84. The third kappa shape index (κ3) is 4.30. The molecule has 0 fully saturated rings. The summed E-state index contributed by atoms with van der Waals surface area (Å²) in [6.45, 7) is 1.29. The van der Waals surface area contributed by atoms with Crippen molar-refractivity contribution in [2.45, 2.75) is 13.2 Å². The van der Waals surface area contributed by atoms with Crippen LogP contribution in [0.3, 0.4) is 0 Å². The molecular weight excluding hydrogens is 286 g/mol. The van der Waals surface area contributed by atoms with Crippen LogP contribution in [0.25, 0.3) is 0 Å². The van der Waals surface area contributed by atoms with Crippen LogP contribution in [-0.2, 0) is 13.2 Å². The number of nitrogens with zero attached hydrogens (tertiary/aromatic N) is 3. The zero-order chi connectivity index (χ0) is 15.9. The Morgan fingerprint density at radius 2 is 1.39 bits per heavy atom. The molecule has 3 aromatic rings. The Labute approximate surface area is 136 Å². The summed E-state index contributed by atoms with van der Waals surface area (Å²) in [7, 11) is 1.98. The quantitative estimate of drug-likeness (QED) is 0.696. The lowest BCUT2D eigenvalue weighted by molar-refractivity contribution is 0.303. The molecule has 4 heteroatoms. The molecule has 116 valence electrons. The van der Waals surface area contributed by atoms with Gasteiger partial charge in [0.1, 0.15) is 6.61 Å². The molecule has 0 atom stereocenters. The first-order valence-electron chi connectivity index (χ1n) is 7.55.